The van der Waals surface area contributed by atoms with Crippen molar-refractivity contribution in [2.75, 3.05) is 0 Å². The maximum Gasteiger partial charge on any atom is 0.164 e. The molecule has 2 aliphatic carbocycles. The molecule has 0 fully saturated rings. The highest BCUT2D eigenvalue weighted by atomic mass is 16.3. The van der Waals surface area contributed by atoms with Crippen molar-refractivity contribution >= 4 is 38.3 Å². The highest BCUT2D eigenvalue weighted by Crippen LogP contribution is 2.46. The van der Waals surface area contributed by atoms with Crippen LogP contribution in [0.5, 0.6) is 0 Å². The summed E-state index contributed by atoms with van der Waals surface area (Å²) < 4.78 is 6.25. The van der Waals surface area contributed by atoms with Crippen molar-refractivity contribution in [1.29, 1.82) is 0 Å². The Morgan fingerprint density at radius 3 is 2.14 bits per heavy atom. The lowest BCUT2D eigenvalue weighted by atomic mass is 9.73. The van der Waals surface area contributed by atoms with Crippen molar-refractivity contribution in [3.8, 4) is 34.2 Å². The normalized spacial score (nSPS) is 15.6. The fraction of sp³-hybridized carbons (Fsp3) is 0.0889. The van der Waals surface area contributed by atoms with Crippen LogP contribution in [-0.4, -0.2) is 15.0 Å². The minimum absolute atomic E-state index is 0.305. The number of hydrogen-bond donors (Lipinski definition) is 0. The first-order chi connectivity index (χ1) is 24.3. The molecule has 0 bridgehead atoms. The Labute approximate surface area is 284 Å². The number of para-hydroxylation sites is 1. The third kappa shape index (κ3) is 4.63. The fourth-order valence-electron chi connectivity index (χ4n) is 7.91. The van der Waals surface area contributed by atoms with Gasteiger partial charge in [0.2, 0.25) is 0 Å². The van der Waals surface area contributed by atoms with Gasteiger partial charge in [0, 0.05) is 33.4 Å². The van der Waals surface area contributed by atoms with E-state index >= 15 is 0 Å². The molecular weight excluding hydrogens is 599 g/mol. The zero-order chi connectivity index (χ0) is 32.3. The summed E-state index contributed by atoms with van der Waals surface area (Å²) >= 11 is 0. The maximum atomic E-state index is 6.25. The molecule has 1 unspecified atom stereocenters. The lowest BCUT2D eigenvalue weighted by molar-refractivity contribution is 0.669. The monoisotopic (exact) mass is 629 g/mol. The van der Waals surface area contributed by atoms with Crippen LogP contribution >= 0.6 is 0 Å². The summed E-state index contributed by atoms with van der Waals surface area (Å²) in [5.74, 6) is 2.22. The van der Waals surface area contributed by atoms with Crippen LogP contribution < -0.4 is 0 Å². The highest BCUT2D eigenvalue weighted by Gasteiger charge is 2.27. The molecule has 0 amide bonds. The second-order valence-electron chi connectivity index (χ2n) is 13.0. The molecule has 1 atom stereocenters. The lowest BCUT2D eigenvalue weighted by Gasteiger charge is -2.31. The second kappa shape index (κ2) is 11.2. The van der Waals surface area contributed by atoms with Crippen LogP contribution in [0.1, 0.15) is 41.9 Å². The van der Waals surface area contributed by atoms with Crippen molar-refractivity contribution in [2.45, 2.75) is 25.2 Å². The standard InChI is InChI=1S/C45H31N3O/c1-3-14-32-28(11-1)13-9-19-36(32)44-46-43(47-45(48-44)38-20-10-22-41-42(38)37-18-7-8-21-40(37)49-41)30-25-23-29(24-26-30)39-27-31-12-2-4-15-33(31)34-16-5-6-17-35(34)39/h1-3,5-14,16-26,39H,4,15,27H2. The van der Waals surface area contributed by atoms with Crippen molar-refractivity contribution in [2.24, 2.45) is 0 Å². The minimum atomic E-state index is 0.305. The predicted molar refractivity (Wildman–Crippen MR) is 199 cm³/mol. The summed E-state index contributed by atoms with van der Waals surface area (Å²) in [5.41, 5.74) is 11.7. The van der Waals surface area contributed by atoms with E-state index in [-0.39, 0.29) is 0 Å². The Hall–Kier alpha value is -6.13. The third-order valence-corrected chi connectivity index (χ3v) is 10.2. The SMILES string of the molecule is C1=CC2=C(CC1)c1ccccc1C(c1ccc(-c3nc(-c4cccc5ccccc45)nc(-c4cccc5oc6ccccc6c45)n3)cc1)C2. The van der Waals surface area contributed by atoms with Gasteiger partial charge in [-0.25, -0.2) is 15.0 Å². The number of aromatic nitrogens is 3. The molecule has 0 spiro atoms. The molecule has 0 N–H and O–H groups in total. The first-order valence-corrected chi connectivity index (χ1v) is 17.0. The van der Waals surface area contributed by atoms with Crippen LogP contribution in [0.2, 0.25) is 0 Å². The maximum absolute atomic E-state index is 6.25. The molecule has 232 valence electrons. The zero-order valence-corrected chi connectivity index (χ0v) is 26.8. The summed E-state index contributed by atoms with van der Waals surface area (Å²) in [6.45, 7) is 0. The largest absolute Gasteiger partial charge is 0.456 e. The van der Waals surface area contributed by atoms with Crippen LogP contribution in [-0.2, 0) is 0 Å². The molecule has 2 heterocycles. The van der Waals surface area contributed by atoms with Gasteiger partial charge in [-0.2, -0.15) is 0 Å². The molecular formula is C45H31N3O. The Balaban J connectivity index is 1.13. The van der Waals surface area contributed by atoms with Crippen LogP contribution in [0.3, 0.4) is 0 Å². The van der Waals surface area contributed by atoms with Gasteiger partial charge in [-0.05, 0) is 70.0 Å². The molecule has 0 radical (unpaired) electrons. The Bertz CT molecular complexity index is 2640. The number of nitrogens with zero attached hydrogens (tertiary/aromatic N) is 3. The molecule has 0 aliphatic heterocycles. The first kappa shape index (κ1) is 27.9. The van der Waals surface area contributed by atoms with Gasteiger partial charge in [0.25, 0.3) is 0 Å². The van der Waals surface area contributed by atoms with Crippen molar-refractivity contribution in [3.63, 3.8) is 0 Å². The second-order valence-corrected chi connectivity index (χ2v) is 13.0. The summed E-state index contributed by atoms with van der Waals surface area (Å²) in [6, 6.07) is 46.8. The molecule has 2 aromatic heterocycles. The highest BCUT2D eigenvalue weighted by molar-refractivity contribution is 6.11. The molecule has 0 saturated carbocycles. The number of benzene rings is 6. The van der Waals surface area contributed by atoms with Crippen molar-refractivity contribution < 1.29 is 4.42 Å². The number of allylic oxidation sites excluding steroid dienone is 4. The average molecular weight is 630 g/mol. The first-order valence-electron chi connectivity index (χ1n) is 17.0. The van der Waals surface area contributed by atoms with E-state index in [2.05, 4.69) is 115 Å². The molecule has 4 nitrogen and oxygen atoms in total. The number of rotatable bonds is 4. The van der Waals surface area contributed by atoms with E-state index in [0.717, 1.165) is 68.7 Å². The van der Waals surface area contributed by atoms with Crippen molar-refractivity contribution in [3.05, 3.63) is 168 Å². The summed E-state index contributed by atoms with van der Waals surface area (Å²) in [4.78, 5) is 15.5. The summed E-state index contributed by atoms with van der Waals surface area (Å²) in [6.07, 6.45) is 7.93. The van der Waals surface area contributed by atoms with E-state index in [1.165, 1.54) is 27.8 Å². The van der Waals surface area contributed by atoms with Crippen LogP contribution in [0.15, 0.2) is 156 Å². The lowest BCUT2D eigenvalue weighted by Crippen LogP contribution is -2.13. The fourth-order valence-corrected chi connectivity index (χ4v) is 7.91. The van der Waals surface area contributed by atoms with E-state index in [0.29, 0.717) is 23.4 Å². The number of furan rings is 1. The van der Waals surface area contributed by atoms with Gasteiger partial charge in [-0.15, -0.1) is 0 Å². The predicted octanol–water partition coefficient (Wildman–Crippen LogP) is 11.6. The Kier molecular flexibility index (Phi) is 6.41. The van der Waals surface area contributed by atoms with E-state index < -0.39 is 0 Å². The summed E-state index contributed by atoms with van der Waals surface area (Å²) in [7, 11) is 0. The molecule has 4 heteroatoms. The van der Waals surface area contributed by atoms with Gasteiger partial charge in [-0.3, -0.25) is 0 Å². The molecule has 6 aromatic carbocycles. The van der Waals surface area contributed by atoms with Gasteiger partial charge < -0.3 is 4.42 Å². The van der Waals surface area contributed by atoms with Crippen LogP contribution in [0.4, 0.5) is 0 Å². The van der Waals surface area contributed by atoms with Gasteiger partial charge >= 0.3 is 0 Å². The summed E-state index contributed by atoms with van der Waals surface area (Å²) in [5, 5.41) is 4.31. The van der Waals surface area contributed by atoms with Gasteiger partial charge in [0.15, 0.2) is 17.5 Å². The Morgan fingerprint density at radius 1 is 0.551 bits per heavy atom. The van der Waals surface area contributed by atoms with Crippen LogP contribution in [0, 0.1) is 0 Å². The molecule has 8 aromatic rings. The van der Waals surface area contributed by atoms with Crippen molar-refractivity contribution in [1.82, 2.24) is 15.0 Å². The van der Waals surface area contributed by atoms with Gasteiger partial charge in [0.05, 0.1) is 0 Å². The minimum Gasteiger partial charge on any atom is -0.456 e. The molecule has 10 rings (SSSR count). The smallest absolute Gasteiger partial charge is 0.164 e. The van der Waals surface area contributed by atoms with Gasteiger partial charge in [0.1, 0.15) is 11.2 Å². The average Bonchev–Trinajstić information content (AvgIpc) is 3.56. The molecule has 0 saturated heterocycles. The molecule has 49 heavy (non-hydrogen) atoms. The van der Waals surface area contributed by atoms with E-state index in [9.17, 15) is 0 Å². The van der Waals surface area contributed by atoms with E-state index in [1.54, 1.807) is 0 Å². The quantitative estimate of drug-likeness (QED) is 0.194. The number of hydrogen-bond acceptors (Lipinski definition) is 4. The zero-order valence-electron chi connectivity index (χ0n) is 26.8. The van der Waals surface area contributed by atoms with E-state index in [1.807, 2.05) is 30.3 Å². The van der Waals surface area contributed by atoms with Crippen LogP contribution in [0.25, 0.3) is 72.4 Å². The third-order valence-electron chi connectivity index (χ3n) is 10.2. The van der Waals surface area contributed by atoms with E-state index in [4.69, 9.17) is 19.4 Å². The van der Waals surface area contributed by atoms with Gasteiger partial charge in [-0.1, -0.05) is 133 Å². The topological polar surface area (TPSA) is 51.8 Å². The Morgan fingerprint density at radius 2 is 1.22 bits per heavy atom. The number of fused-ring (bicyclic) bond motifs is 6. The molecule has 2 aliphatic rings.